The summed E-state index contributed by atoms with van der Waals surface area (Å²) in [6.07, 6.45) is 3.84. The third kappa shape index (κ3) is 4.56. The molecule has 0 spiro atoms. The zero-order valence-corrected chi connectivity index (χ0v) is 14.5. The fourth-order valence-electron chi connectivity index (χ4n) is 3.04. The van der Waals surface area contributed by atoms with Crippen LogP contribution in [0.1, 0.15) is 22.3 Å². The number of pyridine rings is 1. The van der Waals surface area contributed by atoms with Gasteiger partial charge in [-0.05, 0) is 37.1 Å². The molecule has 0 radical (unpaired) electrons. The predicted molar refractivity (Wildman–Crippen MR) is 96.4 cm³/mol. The van der Waals surface area contributed by atoms with Gasteiger partial charge in [-0.1, -0.05) is 41.9 Å². The molecule has 5 heteroatoms. The first kappa shape index (κ1) is 16.9. The average molecular weight is 344 g/mol. The van der Waals surface area contributed by atoms with Crippen molar-refractivity contribution in [3.05, 3.63) is 64.9 Å². The monoisotopic (exact) mass is 343 g/mol. The van der Waals surface area contributed by atoms with Crippen LogP contribution in [0.4, 0.5) is 0 Å². The second kappa shape index (κ2) is 8.27. The molecule has 24 heavy (non-hydrogen) atoms. The first-order valence-electron chi connectivity index (χ1n) is 8.39. The molecular weight excluding hydrogens is 322 g/mol. The zero-order chi connectivity index (χ0) is 16.8. The molecule has 0 atom stereocenters. The zero-order valence-electron chi connectivity index (χ0n) is 13.7. The Hall–Kier alpha value is -1.91. The molecule has 1 aromatic carbocycles. The van der Waals surface area contributed by atoms with E-state index in [-0.39, 0.29) is 5.91 Å². The number of nitrogens with zero attached hydrogens (tertiary/aromatic N) is 3. The summed E-state index contributed by atoms with van der Waals surface area (Å²) in [6, 6.07) is 13.9. The van der Waals surface area contributed by atoms with Crippen LogP contribution >= 0.6 is 11.6 Å². The van der Waals surface area contributed by atoms with Gasteiger partial charge >= 0.3 is 0 Å². The van der Waals surface area contributed by atoms with E-state index >= 15 is 0 Å². The summed E-state index contributed by atoms with van der Waals surface area (Å²) < 4.78 is 0. The maximum Gasteiger partial charge on any atom is 0.254 e. The van der Waals surface area contributed by atoms with Gasteiger partial charge in [-0.2, -0.15) is 0 Å². The second-order valence-electron chi connectivity index (χ2n) is 6.09. The lowest BCUT2D eigenvalue weighted by molar-refractivity contribution is 0.0636. The number of piperazine rings is 1. The van der Waals surface area contributed by atoms with E-state index < -0.39 is 0 Å². The number of rotatable bonds is 5. The second-order valence-corrected chi connectivity index (χ2v) is 6.48. The molecule has 2 heterocycles. The van der Waals surface area contributed by atoms with E-state index in [2.05, 4.69) is 40.2 Å². The summed E-state index contributed by atoms with van der Waals surface area (Å²) in [7, 11) is 0. The Balaban J connectivity index is 1.43. The molecule has 3 rings (SSSR count). The molecule has 126 valence electrons. The molecule has 0 aliphatic carbocycles. The molecule has 1 aromatic heterocycles. The van der Waals surface area contributed by atoms with Crippen LogP contribution in [-0.4, -0.2) is 53.4 Å². The molecule has 2 aromatic rings. The summed E-state index contributed by atoms with van der Waals surface area (Å²) >= 11 is 5.87. The number of halogens is 1. The fourth-order valence-corrected chi connectivity index (χ4v) is 3.22. The Morgan fingerprint density at radius 2 is 1.83 bits per heavy atom. The maximum absolute atomic E-state index is 12.5. The van der Waals surface area contributed by atoms with E-state index in [1.165, 1.54) is 5.56 Å². The lowest BCUT2D eigenvalue weighted by Gasteiger charge is -2.34. The maximum atomic E-state index is 12.5. The number of aryl methyl sites for hydroxylation is 1. The van der Waals surface area contributed by atoms with Crippen LogP contribution in [0.2, 0.25) is 5.15 Å². The number of aromatic nitrogens is 1. The van der Waals surface area contributed by atoms with E-state index in [1.54, 1.807) is 18.3 Å². The van der Waals surface area contributed by atoms with E-state index in [0.717, 1.165) is 45.6 Å². The van der Waals surface area contributed by atoms with Crippen molar-refractivity contribution in [1.82, 2.24) is 14.8 Å². The van der Waals surface area contributed by atoms with Gasteiger partial charge in [-0.3, -0.25) is 9.69 Å². The van der Waals surface area contributed by atoms with Crippen LogP contribution in [0, 0.1) is 0 Å². The minimum atomic E-state index is 0.0447. The Kier molecular flexibility index (Phi) is 5.83. The van der Waals surface area contributed by atoms with E-state index in [0.29, 0.717) is 10.7 Å². The normalized spacial score (nSPS) is 15.5. The van der Waals surface area contributed by atoms with Gasteiger partial charge < -0.3 is 4.90 Å². The topological polar surface area (TPSA) is 36.4 Å². The summed E-state index contributed by atoms with van der Waals surface area (Å²) in [6.45, 7) is 4.48. The van der Waals surface area contributed by atoms with Crippen LogP contribution in [-0.2, 0) is 6.42 Å². The molecule has 0 N–H and O–H groups in total. The Bertz CT molecular complexity index is 669. The molecule has 1 amide bonds. The summed E-state index contributed by atoms with van der Waals surface area (Å²) in [5.41, 5.74) is 2.01. The molecule has 4 nitrogen and oxygen atoms in total. The fraction of sp³-hybridized carbons (Fsp3) is 0.368. The van der Waals surface area contributed by atoms with Crippen molar-refractivity contribution < 1.29 is 4.79 Å². The predicted octanol–water partition coefficient (Wildman–Crippen LogP) is 3.13. The van der Waals surface area contributed by atoms with Crippen molar-refractivity contribution >= 4 is 17.5 Å². The summed E-state index contributed by atoms with van der Waals surface area (Å²) in [5, 5.41) is 0.361. The van der Waals surface area contributed by atoms with Crippen molar-refractivity contribution in [2.24, 2.45) is 0 Å². The Morgan fingerprint density at radius 1 is 1.08 bits per heavy atom. The van der Waals surface area contributed by atoms with Gasteiger partial charge in [-0.15, -0.1) is 0 Å². The van der Waals surface area contributed by atoms with Crippen molar-refractivity contribution in [3.8, 4) is 0 Å². The number of hydrogen-bond acceptors (Lipinski definition) is 3. The largest absolute Gasteiger partial charge is 0.336 e. The van der Waals surface area contributed by atoms with Crippen molar-refractivity contribution in [3.63, 3.8) is 0 Å². The van der Waals surface area contributed by atoms with Crippen LogP contribution in [0.3, 0.4) is 0 Å². The standard InChI is InChI=1S/C19H22ClN3O/c20-18-15-17(8-9-21-18)19(24)23-13-11-22(12-14-23)10-4-7-16-5-2-1-3-6-16/h1-3,5-6,8-9,15H,4,7,10-14H2. The van der Waals surface area contributed by atoms with Crippen molar-refractivity contribution in [1.29, 1.82) is 0 Å². The van der Waals surface area contributed by atoms with Gasteiger partial charge in [0.15, 0.2) is 0 Å². The highest BCUT2D eigenvalue weighted by Crippen LogP contribution is 2.12. The van der Waals surface area contributed by atoms with Gasteiger partial charge in [-0.25, -0.2) is 4.98 Å². The molecule has 1 aliphatic heterocycles. The average Bonchev–Trinajstić information content (AvgIpc) is 2.63. The smallest absolute Gasteiger partial charge is 0.254 e. The van der Waals surface area contributed by atoms with E-state index in [9.17, 15) is 4.79 Å². The SMILES string of the molecule is O=C(c1ccnc(Cl)c1)N1CCN(CCCc2ccccc2)CC1. The van der Waals surface area contributed by atoms with Crippen molar-refractivity contribution in [2.75, 3.05) is 32.7 Å². The molecule has 1 fully saturated rings. The van der Waals surface area contributed by atoms with Crippen LogP contribution in [0.15, 0.2) is 48.7 Å². The molecule has 0 unspecified atom stereocenters. The van der Waals surface area contributed by atoms with E-state index in [4.69, 9.17) is 11.6 Å². The van der Waals surface area contributed by atoms with Gasteiger partial charge in [0.05, 0.1) is 0 Å². The third-order valence-corrected chi connectivity index (χ3v) is 4.62. The van der Waals surface area contributed by atoms with Crippen LogP contribution < -0.4 is 0 Å². The summed E-state index contributed by atoms with van der Waals surface area (Å²) in [5.74, 6) is 0.0447. The van der Waals surface area contributed by atoms with Gasteiger partial charge in [0.2, 0.25) is 0 Å². The lowest BCUT2D eigenvalue weighted by atomic mass is 10.1. The quantitative estimate of drug-likeness (QED) is 0.783. The molecule has 0 bridgehead atoms. The van der Waals surface area contributed by atoms with E-state index in [1.807, 2.05) is 4.90 Å². The lowest BCUT2D eigenvalue weighted by Crippen LogP contribution is -2.48. The molecule has 1 saturated heterocycles. The third-order valence-electron chi connectivity index (χ3n) is 4.42. The molecular formula is C19H22ClN3O. The molecule has 1 aliphatic rings. The van der Waals surface area contributed by atoms with Gasteiger partial charge in [0.25, 0.3) is 5.91 Å². The minimum Gasteiger partial charge on any atom is -0.336 e. The first-order chi connectivity index (χ1) is 11.7. The van der Waals surface area contributed by atoms with Crippen LogP contribution in [0.5, 0.6) is 0 Å². The number of carbonyl (C=O) groups is 1. The first-order valence-corrected chi connectivity index (χ1v) is 8.77. The number of carbonyl (C=O) groups excluding carboxylic acids is 1. The van der Waals surface area contributed by atoms with Gasteiger partial charge in [0.1, 0.15) is 5.15 Å². The number of amides is 1. The Morgan fingerprint density at radius 3 is 2.54 bits per heavy atom. The minimum absolute atomic E-state index is 0.0447. The molecule has 0 saturated carbocycles. The Labute approximate surface area is 148 Å². The van der Waals surface area contributed by atoms with Gasteiger partial charge in [0, 0.05) is 37.9 Å². The van der Waals surface area contributed by atoms with Crippen molar-refractivity contribution in [2.45, 2.75) is 12.8 Å². The number of benzene rings is 1. The van der Waals surface area contributed by atoms with Crippen LogP contribution in [0.25, 0.3) is 0 Å². The highest BCUT2D eigenvalue weighted by Gasteiger charge is 2.22. The summed E-state index contributed by atoms with van der Waals surface area (Å²) in [4.78, 5) is 20.7. The number of hydrogen-bond donors (Lipinski definition) is 0. The highest BCUT2D eigenvalue weighted by molar-refractivity contribution is 6.29. The highest BCUT2D eigenvalue weighted by atomic mass is 35.5.